The van der Waals surface area contributed by atoms with E-state index >= 15 is 0 Å². The van der Waals surface area contributed by atoms with Gasteiger partial charge >= 0.3 is 0 Å². The Bertz CT molecular complexity index is 382. The summed E-state index contributed by atoms with van der Waals surface area (Å²) in [5, 5.41) is 11.1. The summed E-state index contributed by atoms with van der Waals surface area (Å²) < 4.78 is 6.05. The number of hydrogen-bond donors (Lipinski definition) is 1. The van der Waals surface area contributed by atoms with Gasteiger partial charge in [0.2, 0.25) is 0 Å². The number of ether oxygens (including phenoxy) is 1. The van der Waals surface area contributed by atoms with E-state index in [1.807, 2.05) is 11.4 Å². The number of aliphatic hydroxyl groups is 1. The highest BCUT2D eigenvalue weighted by atomic mass is 79.9. The molecule has 1 aromatic rings. The maximum atomic E-state index is 12.2. The van der Waals surface area contributed by atoms with Gasteiger partial charge in [0, 0.05) is 11.0 Å². The maximum Gasteiger partial charge on any atom is 0.265 e. The minimum absolute atomic E-state index is 0.0378. The number of aliphatic hydroxyl groups excluding tert-OH is 1. The molecule has 1 N–H and O–H groups in total. The third-order valence-corrected chi connectivity index (χ3v) is 4.34. The highest BCUT2D eigenvalue weighted by molar-refractivity contribution is 9.10. The fourth-order valence-electron chi connectivity index (χ4n) is 1.65. The summed E-state index contributed by atoms with van der Waals surface area (Å²) in [6.45, 7) is 1.42. The van der Waals surface area contributed by atoms with Crippen LogP contribution in [0, 0.1) is 0 Å². The zero-order valence-corrected chi connectivity index (χ0v) is 11.0. The van der Waals surface area contributed by atoms with E-state index in [9.17, 15) is 9.90 Å². The van der Waals surface area contributed by atoms with Gasteiger partial charge in [0.05, 0.1) is 25.9 Å². The predicted octanol–water partition coefficient (Wildman–Crippen LogP) is 1.34. The van der Waals surface area contributed by atoms with Crippen LogP contribution in [-0.2, 0) is 4.74 Å². The van der Waals surface area contributed by atoms with E-state index in [1.54, 1.807) is 4.90 Å². The molecule has 2 heterocycles. The molecule has 1 unspecified atom stereocenters. The van der Waals surface area contributed by atoms with Crippen LogP contribution in [0.25, 0.3) is 0 Å². The molecule has 1 amide bonds. The van der Waals surface area contributed by atoms with Crippen LogP contribution in [-0.4, -0.2) is 48.3 Å². The molecule has 1 aliphatic rings. The molecule has 0 radical (unpaired) electrons. The zero-order valence-electron chi connectivity index (χ0n) is 8.56. The lowest BCUT2D eigenvalue weighted by molar-refractivity contribution is -0.0182. The summed E-state index contributed by atoms with van der Waals surface area (Å²) in [5.41, 5.74) is 0. The number of nitrogens with zero attached hydrogens (tertiary/aromatic N) is 1. The predicted molar refractivity (Wildman–Crippen MR) is 64.7 cm³/mol. The molecule has 1 saturated heterocycles. The molecule has 2 rings (SSSR count). The topological polar surface area (TPSA) is 49.8 Å². The molecule has 1 fully saturated rings. The summed E-state index contributed by atoms with van der Waals surface area (Å²) in [6.07, 6.45) is 0. The minimum atomic E-state index is -0.227. The molecule has 0 aromatic carbocycles. The minimum Gasteiger partial charge on any atom is -0.394 e. The van der Waals surface area contributed by atoms with Crippen molar-refractivity contribution in [3.8, 4) is 0 Å². The third kappa shape index (κ3) is 2.29. The van der Waals surface area contributed by atoms with Gasteiger partial charge in [-0.3, -0.25) is 4.79 Å². The molecular formula is C10H12BrNO3S. The number of halogens is 1. The molecule has 16 heavy (non-hydrogen) atoms. The highest BCUT2D eigenvalue weighted by Gasteiger charge is 2.29. The summed E-state index contributed by atoms with van der Waals surface area (Å²) >= 11 is 4.75. The molecule has 0 spiro atoms. The van der Waals surface area contributed by atoms with Crippen LogP contribution in [0.1, 0.15) is 9.67 Å². The van der Waals surface area contributed by atoms with Crippen LogP contribution >= 0.6 is 27.3 Å². The second kappa shape index (κ2) is 5.27. The zero-order chi connectivity index (χ0) is 11.5. The van der Waals surface area contributed by atoms with Crippen molar-refractivity contribution in [1.82, 2.24) is 4.90 Å². The third-order valence-electron chi connectivity index (χ3n) is 2.51. The SMILES string of the molecule is O=C(c1sccc1Br)N1CCOCC1CO. The Labute approximate surface area is 106 Å². The van der Waals surface area contributed by atoms with Gasteiger partial charge in [-0.25, -0.2) is 0 Å². The van der Waals surface area contributed by atoms with Gasteiger partial charge < -0.3 is 14.7 Å². The Morgan fingerprint density at radius 2 is 2.56 bits per heavy atom. The lowest BCUT2D eigenvalue weighted by Crippen LogP contribution is -2.50. The number of morpholine rings is 1. The van der Waals surface area contributed by atoms with Crippen LogP contribution in [0.3, 0.4) is 0 Å². The van der Waals surface area contributed by atoms with Gasteiger partial charge in [0.25, 0.3) is 5.91 Å². The normalized spacial score (nSPS) is 21.1. The van der Waals surface area contributed by atoms with Crippen molar-refractivity contribution in [2.45, 2.75) is 6.04 Å². The summed E-state index contributed by atoms with van der Waals surface area (Å²) in [5.74, 6) is -0.0378. The Kier molecular flexibility index (Phi) is 3.96. The number of hydrogen-bond acceptors (Lipinski definition) is 4. The standard InChI is InChI=1S/C10H12BrNO3S/c11-8-1-4-16-9(8)10(14)12-2-3-15-6-7(12)5-13/h1,4,7,13H,2-3,5-6H2. The number of carbonyl (C=O) groups excluding carboxylic acids is 1. The fourth-order valence-corrected chi connectivity index (χ4v) is 3.15. The lowest BCUT2D eigenvalue weighted by Gasteiger charge is -2.34. The van der Waals surface area contributed by atoms with E-state index in [2.05, 4.69) is 15.9 Å². The smallest absolute Gasteiger partial charge is 0.265 e. The highest BCUT2D eigenvalue weighted by Crippen LogP contribution is 2.25. The van der Waals surface area contributed by atoms with Gasteiger partial charge in [-0.05, 0) is 27.4 Å². The fraction of sp³-hybridized carbons (Fsp3) is 0.500. The van der Waals surface area contributed by atoms with Crippen molar-refractivity contribution < 1.29 is 14.6 Å². The monoisotopic (exact) mass is 305 g/mol. The molecular weight excluding hydrogens is 294 g/mol. The van der Waals surface area contributed by atoms with E-state index in [0.717, 1.165) is 4.47 Å². The Hall–Kier alpha value is -0.430. The Morgan fingerprint density at radius 3 is 3.19 bits per heavy atom. The van der Waals surface area contributed by atoms with Gasteiger partial charge in [-0.1, -0.05) is 0 Å². The molecule has 0 saturated carbocycles. The van der Waals surface area contributed by atoms with Crippen LogP contribution < -0.4 is 0 Å². The second-order valence-electron chi connectivity index (χ2n) is 3.51. The molecule has 1 atom stereocenters. The van der Waals surface area contributed by atoms with Crippen molar-refractivity contribution >= 4 is 33.2 Å². The van der Waals surface area contributed by atoms with E-state index in [0.29, 0.717) is 24.6 Å². The van der Waals surface area contributed by atoms with E-state index in [-0.39, 0.29) is 18.6 Å². The van der Waals surface area contributed by atoms with Crippen LogP contribution in [0.2, 0.25) is 0 Å². The van der Waals surface area contributed by atoms with Gasteiger partial charge in [0.15, 0.2) is 0 Å². The lowest BCUT2D eigenvalue weighted by atomic mass is 10.2. The van der Waals surface area contributed by atoms with Crippen molar-refractivity contribution in [2.75, 3.05) is 26.4 Å². The Morgan fingerprint density at radius 1 is 1.75 bits per heavy atom. The van der Waals surface area contributed by atoms with Crippen molar-refractivity contribution in [1.29, 1.82) is 0 Å². The summed E-state index contributed by atoms with van der Waals surface area (Å²) in [4.78, 5) is 14.6. The van der Waals surface area contributed by atoms with Crippen molar-refractivity contribution in [3.05, 3.63) is 20.8 Å². The Balaban J connectivity index is 2.17. The van der Waals surface area contributed by atoms with Crippen LogP contribution in [0.15, 0.2) is 15.9 Å². The van der Waals surface area contributed by atoms with E-state index in [1.165, 1.54) is 11.3 Å². The molecule has 0 aliphatic carbocycles. The first-order valence-corrected chi connectivity index (χ1v) is 6.64. The van der Waals surface area contributed by atoms with Crippen molar-refractivity contribution in [2.24, 2.45) is 0 Å². The average Bonchev–Trinajstić information content (AvgIpc) is 2.74. The first-order valence-electron chi connectivity index (χ1n) is 4.96. The van der Waals surface area contributed by atoms with Gasteiger partial charge in [0.1, 0.15) is 4.88 Å². The molecule has 4 nitrogen and oxygen atoms in total. The molecule has 88 valence electrons. The quantitative estimate of drug-likeness (QED) is 0.897. The molecule has 6 heteroatoms. The number of rotatable bonds is 2. The number of amides is 1. The van der Waals surface area contributed by atoms with Crippen LogP contribution in [0.5, 0.6) is 0 Å². The first kappa shape index (κ1) is 12.0. The van der Waals surface area contributed by atoms with Gasteiger partial charge in [-0.2, -0.15) is 0 Å². The second-order valence-corrected chi connectivity index (χ2v) is 5.28. The summed E-state index contributed by atoms with van der Waals surface area (Å²) in [6, 6.07) is 1.63. The molecule has 0 bridgehead atoms. The van der Waals surface area contributed by atoms with Crippen molar-refractivity contribution in [3.63, 3.8) is 0 Å². The van der Waals surface area contributed by atoms with Crippen LogP contribution in [0.4, 0.5) is 0 Å². The first-order chi connectivity index (χ1) is 7.74. The van der Waals surface area contributed by atoms with E-state index < -0.39 is 0 Å². The summed E-state index contributed by atoms with van der Waals surface area (Å²) in [7, 11) is 0. The van der Waals surface area contributed by atoms with E-state index in [4.69, 9.17) is 4.74 Å². The molecule has 1 aliphatic heterocycles. The average molecular weight is 306 g/mol. The largest absolute Gasteiger partial charge is 0.394 e. The number of carbonyl (C=O) groups is 1. The van der Waals surface area contributed by atoms with Gasteiger partial charge in [-0.15, -0.1) is 11.3 Å². The molecule has 1 aromatic heterocycles. The number of thiophene rings is 1. The maximum absolute atomic E-state index is 12.2.